The van der Waals surface area contributed by atoms with Crippen molar-refractivity contribution in [2.75, 3.05) is 13.1 Å². The maximum absolute atomic E-state index is 14.2. The topological polar surface area (TPSA) is 87.7 Å². The Kier molecular flexibility index (Phi) is 13.0. The van der Waals surface area contributed by atoms with E-state index >= 15 is 0 Å². The van der Waals surface area contributed by atoms with E-state index < -0.39 is 23.8 Å². The van der Waals surface area contributed by atoms with Gasteiger partial charge in [-0.3, -0.25) is 9.59 Å². The number of aryl methyl sites for hydroxylation is 2. The monoisotopic (exact) mass is 503 g/mol. The van der Waals surface area contributed by atoms with Crippen LogP contribution in [0.2, 0.25) is 0 Å². The zero-order valence-electron chi connectivity index (χ0n) is 24.0. The highest BCUT2D eigenvalue weighted by Crippen LogP contribution is 2.28. The van der Waals surface area contributed by atoms with E-state index in [4.69, 9.17) is 4.74 Å². The van der Waals surface area contributed by atoms with Crippen molar-refractivity contribution in [3.05, 3.63) is 34.9 Å². The molecule has 0 aliphatic heterocycles. The highest BCUT2D eigenvalue weighted by atomic mass is 16.6. The summed E-state index contributed by atoms with van der Waals surface area (Å²) in [6, 6.07) is 4.40. The summed E-state index contributed by atoms with van der Waals surface area (Å²) in [7, 11) is 0. The Hall–Kier alpha value is -2.57. The molecule has 3 amide bonds. The van der Waals surface area contributed by atoms with E-state index in [-0.39, 0.29) is 17.7 Å². The summed E-state index contributed by atoms with van der Waals surface area (Å²) < 4.78 is 5.47. The van der Waals surface area contributed by atoms with Crippen LogP contribution >= 0.6 is 0 Å². The SMILES string of the molecule is CCCCNC(=O)C(c1cc(C)ccc1C)N(CCCC)C(=O)C(NC(=O)OC(C)(C)C)C(C)CC. The third-order valence-electron chi connectivity index (χ3n) is 6.31. The third kappa shape index (κ3) is 9.82. The average Bonchev–Trinajstić information content (AvgIpc) is 2.80. The normalized spacial score (nSPS) is 13.9. The molecule has 7 heteroatoms. The van der Waals surface area contributed by atoms with Gasteiger partial charge in [-0.1, -0.05) is 70.7 Å². The number of rotatable bonds is 13. The van der Waals surface area contributed by atoms with Crippen LogP contribution in [0.3, 0.4) is 0 Å². The largest absolute Gasteiger partial charge is 0.444 e. The zero-order chi connectivity index (χ0) is 27.5. The van der Waals surface area contributed by atoms with Crippen LogP contribution in [-0.4, -0.2) is 47.5 Å². The summed E-state index contributed by atoms with van der Waals surface area (Å²) in [5.74, 6) is -0.599. The van der Waals surface area contributed by atoms with Crippen LogP contribution < -0.4 is 10.6 Å². The van der Waals surface area contributed by atoms with Gasteiger partial charge in [0, 0.05) is 13.1 Å². The average molecular weight is 504 g/mol. The summed E-state index contributed by atoms with van der Waals surface area (Å²) in [6.07, 6.45) is 3.49. The molecule has 3 atom stereocenters. The molecule has 0 saturated carbocycles. The van der Waals surface area contributed by atoms with Gasteiger partial charge in [0.2, 0.25) is 11.8 Å². The van der Waals surface area contributed by atoms with Crippen LogP contribution in [0.15, 0.2) is 18.2 Å². The standard InChI is InChI=1S/C29H49N3O4/c1-10-13-17-30-26(33)25(23-19-20(4)15-16-22(23)6)32(18-14-11-2)27(34)24(21(5)12-3)31-28(35)36-29(7,8)9/h15-16,19,21,24-25H,10-14,17-18H2,1-9H3,(H,30,33)(H,31,35). The highest BCUT2D eigenvalue weighted by Gasteiger charge is 2.38. The number of ether oxygens (including phenoxy) is 1. The van der Waals surface area contributed by atoms with Crippen molar-refractivity contribution in [2.45, 2.75) is 112 Å². The summed E-state index contributed by atoms with van der Waals surface area (Å²) >= 11 is 0. The molecule has 1 rings (SSSR count). The predicted molar refractivity (Wildman–Crippen MR) is 146 cm³/mol. The Bertz CT molecular complexity index is 863. The molecule has 0 saturated heterocycles. The van der Waals surface area contributed by atoms with Crippen LogP contribution in [0.5, 0.6) is 0 Å². The quantitative estimate of drug-likeness (QED) is 0.332. The van der Waals surface area contributed by atoms with E-state index in [9.17, 15) is 14.4 Å². The fourth-order valence-electron chi connectivity index (χ4n) is 3.98. The molecule has 1 aromatic rings. The Balaban J connectivity index is 3.53. The van der Waals surface area contributed by atoms with E-state index in [1.165, 1.54) is 0 Å². The summed E-state index contributed by atoms with van der Waals surface area (Å²) in [5.41, 5.74) is 2.10. The van der Waals surface area contributed by atoms with Gasteiger partial charge in [0.05, 0.1) is 0 Å². The number of alkyl carbamates (subject to hydrolysis) is 1. The second-order valence-electron chi connectivity index (χ2n) is 10.8. The Morgan fingerprint density at radius 2 is 1.67 bits per heavy atom. The van der Waals surface area contributed by atoms with Gasteiger partial charge in [0.1, 0.15) is 17.7 Å². The maximum atomic E-state index is 14.2. The number of carbonyl (C=O) groups excluding carboxylic acids is 3. The van der Waals surface area contributed by atoms with Crippen LogP contribution in [0.4, 0.5) is 4.79 Å². The number of benzene rings is 1. The Labute approximate surface area is 218 Å². The molecule has 3 unspecified atom stereocenters. The summed E-state index contributed by atoms with van der Waals surface area (Å²) in [6.45, 7) is 18.3. The van der Waals surface area contributed by atoms with Crippen LogP contribution in [0.1, 0.15) is 103 Å². The first kappa shape index (κ1) is 31.5. The van der Waals surface area contributed by atoms with E-state index in [0.717, 1.165) is 42.4 Å². The van der Waals surface area contributed by atoms with Crippen molar-refractivity contribution < 1.29 is 19.1 Å². The molecule has 0 spiro atoms. The van der Waals surface area contributed by atoms with Crippen LogP contribution in [0.25, 0.3) is 0 Å². The molecule has 0 aliphatic carbocycles. The lowest BCUT2D eigenvalue weighted by molar-refractivity contribution is -0.143. The van der Waals surface area contributed by atoms with Gasteiger partial charge in [-0.2, -0.15) is 0 Å². The molecular weight excluding hydrogens is 454 g/mol. The second kappa shape index (κ2) is 14.9. The summed E-state index contributed by atoms with van der Waals surface area (Å²) in [5, 5.41) is 5.87. The van der Waals surface area contributed by atoms with Crippen molar-refractivity contribution in [3.63, 3.8) is 0 Å². The van der Waals surface area contributed by atoms with Gasteiger partial charge in [0.15, 0.2) is 0 Å². The van der Waals surface area contributed by atoms with Gasteiger partial charge in [-0.15, -0.1) is 0 Å². The maximum Gasteiger partial charge on any atom is 0.408 e. The van der Waals surface area contributed by atoms with Crippen molar-refractivity contribution in [1.82, 2.24) is 15.5 Å². The Morgan fingerprint density at radius 3 is 2.22 bits per heavy atom. The van der Waals surface area contributed by atoms with Crippen LogP contribution in [-0.2, 0) is 14.3 Å². The molecule has 204 valence electrons. The number of carbonyl (C=O) groups is 3. The number of amides is 3. The molecule has 0 aliphatic rings. The van der Waals surface area contributed by atoms with Gasteiger partial charge >= 0.3 is 6.09 Å². The fourth-order valence-corrected chi connectivity index (χ4v) is 3.98. The minimum atomic E-state index is -0.808. The highest BCUT2D eigenvalue weighted by molar-refractivity contribution is 5.92. The lowest BCUT2D eigenvalue weighted by Gasteiger charge is -2.36. The third-order valence-corrected chi connectivity index (χ3v) is 6.31. The van der Waals surface area contributed by atoms with E-state index in [1.54, 1.807) is 25.7 Å². The number of hydrogen-bond acceptors (Lipinski definition) is 4. The van der Waals surface area contributed by atoms with Crippen molar-refractivity contribution in [2.24, 2.45) is 5.92 Å². The minimum Gasteiger partial charge on any atom is -0.444 e. The van der Waals surface area contributed by atoms with E-state index in [1.807, 2.05) is 45.9 Å². The molecule has 0 fully saturated rings. The van der Waals surface area contributed by atoms with Crippen molar-refractivity contribution >= 4 is 17.9 Å². The molecule has 7 nitrogen and oxygen atoms in total. The number of hydrogen-bond donors (Lipinski definition) is 2. The summed E-state index contributed by atoms with van der Waals surface area (Å²) in [4.78, 5) is 42.2. The lowest BCUT2D eigenvalue weighted by atomic mass is 9.93. The zero-order valence-corrected chi connectivity index (χ0v) is 24.0. The molecule has 2 N–H and O–H groups in total. The second-order valence-corrected chi connectivity index (χ2v) is 10.8. The van der Waals surface area contributed by atoms with Crippen molar-refractivity contribution in [1.29, 1.82) is 0 Å². The molecular formula is C29H49N3O4. The smallest absolute Gasteiger partial charge is 0.408 e. The molecule has 36 heavy (non-hydrogen) atoms. The van der Waals surface area contributed by atoms with E-state index in [2.05, 4.69) is 24.5 Å². The molecule has 0 heterocycles. The van der Waals surface area contributed by atoms with Crippen LogP contribution in [0, 0.1) is 19.8 Å². The number of nitrogens with one attached hydrogen (secondary N) is 2. The van der Waals surface area contributed by atoms with Crippen molar-refractivity contribution in [3.8, 4) is 0 Å². The minimum absolute atomic E-state index is 0.142. The number of unbranched alkanes of at least 4 members (excludes halogenated alkanes) is 2. The predicted octanol–water partition coefficient (Wildman–Crippen LogP) is 5.83. The molecule has 0 bridgehead atoms. The van der Waals surface area contributed by atoms with Gasteiger partial charge in [-0.25, -0.2) is 4.79 Å². The van der Waals surface area contributed by atoms with Gasteiger partial charge in [0.25, 0.3) is 0 Å². The molecule has 1 aromatic carbocycles. The lowest BCUT2D eigenvalue weighted by Crippen LogP contribution is -2.55. The first-order valence-corrected chi connectivity index (χ1v) is 13.5. The number of nitrogens with zero attached hydrogens (tertiary/aromatic N) is 1. The first-order valence-electron chi connectivity index (χ1n) is 13.5. The first-order chi connectivity index (χ1) is 16.9. The Morgan fingerprint density at radius 1 is 1.03 bits per heavy atom. The fraction of sp³-hybridized carbons (Fsp3) is 0.690. The molecule has 0 radical (unpaired) electrons. The van der Waals surface area contributed by atoms with Gasteiger partial charge < -0.3 is 20.3 Å². The van der Waals surface area contributed by atoms with E-state index in [0.29, 0.717) is 19.5 Å². The molecule has 0 aromatic heterocycles. The van der Waals surface area contributed by atoms with Gasteiger partial charge in [-0.05, 0) is 64.5 Å².